The van der Waals surface area contributed by atoms with Gasteiger partial charge in [-0.3, -0.25) is 0 Å². The summed E-state index contributed by atoms with van der Waals surface area (Å²) >= 11 is 5.60. The lowest BCUT2D eigenvalue weighted by Crippen LogP contribution is -2.14. The van der Waals surface area contributed by atoms with Crippen molar-refractivity contribution < 1.29 is 21.6 Å². The Balaban J connectivity index is 2.25. The van der Waals surface area contributed by atoms with Gasteiger partial charge in [-0.15, -0.1) is 0 Å². The first-order valence-electron chi connectivity index (χ1n) is 5.50. The fourth-order valence-corrected chi connectivity index (χ4v) is 2.65. The summed E-state index contributed by atoms with van der Waals surface area (Å²) in [4.78, 5) is -0.451. The summed E-state index contributed by atoms with van der Waals surface area (Å²) in [5.41, 5.74) is 0.0836. The molecule has 2 rings (SSSR count). The number of hydrogen-bond donors (Lipinski definition) is 1. The first-order valence-corrected chi connectivity index (χ1v) is 7.43. The fourth-order valence-electron chi connectivity index (χ4n) is 1.59. The quantitative estimate of drug-likeness (QED) is 0.915. The lowest BCUT2D eigenvalue weighted by atomic mass is 10.3. The molecule has 0 saturated heterocycles. The van der Waals surface area contributed by atoms with Crippen LogP contribution in [0.4, 0.5) is 14.5 Å². The predicted molar refractivity (Wildman–Crippen MR) is 70.7 cm³/mol. The molecule has 108 valence electrons. The fraction of sp³-hybridized carbons (Fsp3) is 0.167. The molecule has 0 aliphatic carbocycles. The molecule has 8 heteroatoms. The number of alkyl halides is 2. The molecule has 0 radical (unpaired) electrons. The summed E-state index contributed by atoms with van der Waals surface area (Å²) in [7, 11) is -4.66. The van der Waals surface area contributed by atoms with Crippen LogP contribution in [0.2, 0.25) is 5.22 Å². The van der Waals surface area contributed by atoms with Gasteiger partial charge in [0.05, 0.1) is 17.1 Å². The molecular weight excluding hydrogens is 312 g/mol. The summed E-state index contributed by atoms with van der Waals surface area (Å²) in [6.45, 7) is 0.127. The second kappa shape index (κ2) is 5.80. The monoisotopic (exact) mass is 321 g/mol. The third-order valence-corrected chi connectivity index (χ3v) is 4.15. The first-order chi connectivity index (χ1) is 9.41. The molecule has 0 atom stereocenters. The van der Waals surface area contributed by atoms with Gasteiger partial charge in [0.1, 0.15) is 5.76 Å². The first kappa shape index (κ1) is 14.8. The van der Waals surface area contributed by atoms with Crippen molar-refractivity contribution in [2.75, 3.05) is 5.32 Å². The molecule has 1 N–H and O–H groups in total. The average molecular weight is 322 g/mol. The molecular formula is C12H10ClF2NO3S. The van der Waals surface area contributed by atoms with E-state index in [0.29, 0.717) is 5.76 Å². The van der Waals surface area contributed by atoms with Gasteiger partial charge in [0.15, 0.2) is 5.22 Å². The number of sulfone groups is 1. The summed E-state index contributed by atoms with van der Waals surface area (Å²) in [5.74, 6) is -3.01. The van der Waals surface area contributed by atoms with E-state index >= 15 is 0 Å². The van der Waals surface area contributed by atoms with E-state index in [1.807, 2.05) is 0 Å². The largest absolute Gasteiger partial charge is 0.448 e. The maximum absolute atomic E-state index is 12.6. The smallest absolute Gasteiger partial charge is 0.341 e. The number of rotatable bonds is 5. The molecule has 20 heavy (non-hydrogen) atoms. The van der Waals surface area contributed by atoms with Crippen molar-refractivity contribution in [1.82, 2.24) is 0 Å². The van der Waals surface area contributed by atoms with Crippen LogP contribution in [0, 0.1) is 0 Å². The van der Waals surface area contributed by atoms with Crippen LogP contribution in [0.5, 0.6) is 0 Å². The molecule has 0 aliphatic heterocycles. The summed E-state index contributed by atoms with van der Waals surface area (Å²) in [6.07, 6.45) is 0. The van der Waals surface area contributed by atoms with Crippen LogP contribution in [0.1, 0.15) is 5.76 Å². The number of anilines is 1. The molecule has 0 saturated carbocycles. The minimum atomic E-state index is -4.66. The van der Waals surface area contributed by atoms with Gasteiger partial charge in [-0.1, -0.05) is 12.1 Å². The van der Waals surface area contributed by atoms with Gasteiger partial charge in [-0.2, -0.15) is 8.78 Å². The van der Waals surface area contributed by atoms with Gasteiger partial charge in [0.2, 0.25) is 9.84 Å². The summed E-state index contributed by atoms with van der Waals surface area (Å²) < 4.78 is 53.3. The summed E-state index contributed by atoms with van der Waals surface area (Å²) in [5, 5.41) is 2.93. The Labute approximate surface area is 119 Å². The van der Waals surface area contributed by atoms with E-state index in [1.165, 1.54) is 18.2 Å². The highest BCUT2D eigenvalue weighted by molar-refractivity contribution is 7.91. The molecule has 0 fully saturated rings. The van der Waals surface area contributed by atoms with E-state index in [0.717, 1.165) is 6.07 Å². The number of benzene rings is 1. The lowest BCUT2D eigenvalue weighted by Gasteiger charge is -2.11. The van der Waals surface area contributed by atoms with Crippen LogP contribution in [0.15, 0.2) is 45.7 Å². The molecule has 0 bridgehead atoms. The van der Waals surface area contributed by atoms with Crippen molar-refractivity contribution in [3.63, 3.8) is 0 Å². The van der Waals surface area contributed by atoms with Crippen molar-refractivity contribution >= 4 is 27.1 Å². The second-order valence-electron chi connectivity index (χ2n) is 3.86. The number of hydrogen-bond acceptors (Lipinski definition) is 4. The molecule has 0 amide bonds. The van der Waals surface area contributed by atoms with E-state index in [-0.39, 0.29) is 17.5 Å². The van der Waals surface area contributed by atoms with Gasteiger partial charge >= 0.3 is 5.76 Å². The minimum absolute atomic E-state index is 0.0836. The molecule has 2 aromatic rings. The standard InChI is InChI=1S/C12H10ClF2NO3S/c13-11-6-5-8(19-11)7-16-9-3-1-2-4-10(9)20(17,18)12(14)15/h1-6,12,16H,7H2. The van der Waals surface area contributed by atoms with Gasteiger partial charge < -0.3 is 9.73 Å². The summed E-state index contributed by atoms with van der Waals surface area (Å²) in [6, 6.07) is 8.57. The molecule has 4 nitrogen and oxygen atoms in total. The zero-order valence-electron chi connectivity index (χ0n) is 10.0. The third kappa shape index (κ3) is 3.10. The van der Waals surface area contributed by atoms with Crippen LogP contribution >= 0.6 is 11.6 Å². The van der Waals surface area contributed by atoms with E-state index in [4.69, 9.17) is 16.0 Å². The van der Waals surface area contributed by atoms with Crippen LogP contribution in [0.3, 0.4) is 0 Å². The lowest BCUT2D eigenvalue weighted by molar-refractivity contribution is 0.235. The molecule has 0 unspecified atom stereocenters. The van der Waals surface area contributed by atoms with Crippen molar-refractivity contribution in [2.45, 2.75) is 17.2 Å². The van der Waals surface area contributed by atoms with Gasteiger partial charge in [-0.05, 0) is 35.9 Å². The molecule has 1 heterocycles. The van der Waals surface area contributed by atoms with Crippen LogP contribution < -0.4 is 5.32 Å². The van der Waals surface area contributed by atoms with E-state index in [9.17, 15) is 17.2 Å². The SMILES string of the molecule is O=S(=O)(c1ccccc1NCc1ccc(Cl)o1)C(F)F. The molecule has 0 aliphatic rings. The number of furan rings is 1. The number of nitrogens with one attached hydrogen (secondary N) is 1. The van der Waals surface area contributed by atoms with E-state index in [2.05, 4.69) is 5.32 Å². The number of para-hydroxylation sites is 1. The Morgan fingerprint density at radius 2 is 1.90 bits per heavy atom. The highest BCUT2D eigenvalue weighted by atomic mass is 35.5. The van der Waals surface area contributed by atoms with E-state index < -0.39 is 20.5 Å². The topological polar surface area (TPSA) is 59.3 Å². The normalized spacial score (nSPS) is 11.8. The highest BCUT2D eigenvalue weighted by Crippen LogP contribution is 2.26. The van der Waals surface area contributed by atoms with Crippen LogP contribution in [-0.4, -0.2) is 14.2 Å². The minimum Gasteiger partial charge on any atom is -0.448 e. The number of halogens is 3. The third-order valence-electron chi connectivity index (χ3n) is 2.51. The van der Waals surface area contributed by atoms with E-state index in [1.54, 1.807) is 12.1 Å². The Morgan fingerprint density at radius 3 is 2.50 bits per heavy atom. The maximum atomic E-state index is 12.6. The van der Waals surface area contributed by atoms with Crippen molar-refractivity contribution in [2.24, 2.45) is 0 Å². The van der Waals surface area contributed by atoms with Gasteiger partial charge in [0.25, 0.3) is 0 Å². The molecule has 0 spiro atoms. The molecule has 1 aromatic carbocycles. The predicted octanol–water partition coefficient (Wildman–Crippen LogP) is 3.54. The van der Waals surface area contributed by atoms with Gasteiger partial charge in [0, 0.05) is 0 Å². The zero-order valence-corrected chi connectivity index (χ0v) is 11.6. The van der Waals surface area contributed by atoms with Crippen LogP contribution in [-0.2, 0) is 16.4 Å². The van der Waals surface area contributed by atoms with Crippen molar-refractivity contribution in [1.29, 1.82) is 0 Å². The van der Waals surface area contributed by atoms with Gasteiger partial charge in [-0.25, -0.2) is 8.42 Å². The average Bonchev–Trinajstić information content (AvgIpc) is 2.82. The molecule has 1 aromatic heterocycles. The Morgan fingerprint density at radius 1 is 1.20 bits per heavy atom. The Bertz CT molecular complexity index is 700. The van der Waals surface area contributed by atoms with Crippen molar-refractivity contribution in [3.8, 4) is 0 Å². The van der Waals surface area contributed by atoms with Crippen LogP contribution in [0.25, 0.3) is 0 Å². The second-order valence-corrected chi connectivity index (χ2v) is 6.12. The Hall–Kier alpha value is -1.60. The highest BCUT2D eigenvalue weighted by Gasteiger charge is 2.28. The Kier molecular flexibility index (Phi) is 4.29. The maximum Gasteiger partial charge on any atom is 0.341 e. The van der Waals surface area contributed by atoms with Crippen molar-refractivity contribution in [3.05, 3.63) is 47.4 Å². The zero-order chi connectivity index (χ0) is 14.8.